The molecule has 156 valence electrons. The Hall–Kier alpha value is -1.74. The SMILES string of the molecule is COCc1ccc(CNC(=O)C2CCCN(S(=O)(=O)c3ccc(Br)cc3)C2)cc1. The average Bonchev–Trinajstić information content (AvgIpc) is 2.73. The zero-order chi connectivity index (χ0) is 20.9. The Morgan fingerprint density at radius 1 is 1.14 bits per heavy atom. The number of nitrogens with one attached hydrogen (secondary N) is 1. The Balaban J connectivity index is 1.59. The molecule has 1 aliphatic heterocycles. The lowest BCUT2D eigenvalue weighted by Gasteiger charge is -2.31. The van der Waals surface area contributed by atoms with Gasteiger partial charge in [-0.2, -0.15) is 4.31 Å². The van der Waals surface area contributed by atoms with E-state index in [1.807, 2.05) is 24.3 Å². The monoisotopic (exact) mass is 480 g/mol. The minimum Gasteiger partial charge on any atom is -0.380 e. The van der Waals surface area contributed by atoms with Crippen molar-refractivity contribution in [3.63, 3.8) is 0 Å². The molecular weight excluding hydrogens is 456 g/mol. The zero-order valence-corrected chi connectivity index (χ0v) is 18.7. The molecule has 6 nitrogen and oxygen atoms in total. The summed E-state index contributed by atoms with van der Waals surface area (Å²) in [5.74, 6) is -0.455. The van der Waals surface area contributed by atoms with Gasteiger partial charge in [-0.25, -0.2) is 8.42 Å². The van der Waals surface area contributed by atoms with Crippen molar-refractivity contribution in [2.45, 2.75) is 30.9 Å². The standard InChI is InChI=1S/C21H25BrN2O4S/c1-28-15-17-6-4-16(5-7-17)13-23-21(25)18-3-2-12-24(14-18)29(26,27)20-10-8-19(22)9-11-20/h4-11,18H,2-3,12-15H2,1H3,(H,23,25). The van der Waals surface area contributed by atoms with Gasteiger partial charge in [0.1, 0.15) is 0 Å². The molecule has 2 aromatic carbocycles. The van der Waals surface area contributed by atoms with E-state index in [0.717, 1.165) is 15.6 Å². The fraction of sp³-hybridized carbons (Fsp3) is 0.381. The number of hydrogen-bond acceptors (Lipinski definition) is 4. The highest BCUT2D eigenvalue weighted by Gasteiger charge is 2.33. The number of carbonyl (C=O) groups excluding carboxylic acids is 1. The van der Waals surface area contributed by atoms with Crippen molar-refractivity contribution in [3.05, 3.63) is 64.1 Å². The fourth-order valence-electron chi connectivity index (χ4n) is 3.38. The minimum atomic E-state index is -3.60. The fourth-order valence-corrected chi connectivity index (χ4v) is 5.17. The van der Waals surface area contributed by atoms with Gasteiger partial charge in [-0.15, -0.1) is 0 Å². The third-order valence-electron chi connectivity index (χ3n) is 5.01. The highest BCUT2D eigenvalue weighted by Crippen LogP contribution is 2.25. The van der Waals surface area contributed by atoms with Gasteiger partial charge in [0.25, 0.3) is 0 Å². The molecule has 8 heteroatoms. The van der Waals surface area contributed by atoms with Gasteiger partial charge >= 0.3 is 0 Å². The molecule has 1 fully saturated rings. The molecule has 2 aromatic rings. The van der Waals surface area contributed by atoms with Crippen LogP contribution in [0.25, 0.3) is 0 Å². The van der Waals surface area contributed by atoms with E-state index in [0.29, 0.717) is 32.5 Å². The highest BCUT2D eigenvalue weighted by molar-refractivity contribution is 9.10. The van der Waals surface area contributed by atoms with Crippen LogP contribution in [0.5, 0.6) is 0 Å². The Morgan fingerprint density at radius 3 is 2.45 bits per heavy atom. The van der Waals surface area contributed by atoms with E-state index in [4.69, 9.17) is 4.74 Å². The van der Waals surface area contributed by atoms with Gasteiger partial charge in [0.2, 0.25) is 15.9 Å². The quantitative estimate of drug-likeness (QED) is 0.659. The van der Waals surface area contributed by atoms with Crippen molar-refractivity contribution >= 4 is 31.9 Å². The van der Waals surface area contributed by atoms with Crippen LogP contribution in [0.1, 0.15) is 24.0 Å². The minimum absolute atomic E-state index is 0.110. The number of ether oxygens (including phenoxy) is 1. The molecule has 3 rings (SSSR count). The number of benzene rings is 2. The first-order valence-electron chi connectivity index (χ1n) is 9.50. The Labute approximate surface area is 180 Å². The number of halogens is 1. The third-order valence-corrected chi connectivity index (χ3v) is 7.42. The number of sulfonamides is 1. The molecule has 0 spiro atoms. The second-order valence-corrected chi connectivity index (χ2v) is 9.98. The molecular formula is C21H25BrN2O4S. The first-order valence-corrected chi connectivity index (χ1v) is 11.7. The number of hydrogen-bond donors (Lipinski definition) is 1. The van der Waals surface area contributed by atoms with Crippen LogP contribution in [0, 0.1) is 5.92 Å². The molecule has 1 aliphatic rings. The number of rotatable bonds is 7. The van der Waals surface area contributed by atoms with Crippen LogP contribution in [-0.4, -0.2) is 38.8 Å². The van der Waals surface area contributed by atoms with E-state index >= 15 is 0 Å². The van der Waals surface area contributed by atoms with Crippen molar-refractivity contribution in [2.75, 3.05) is 20.2 Å². The first-order chi connectivity index (χ1) is 13.9. The van der Waals surface area contributed by atoms with Crippen LogP contribution in [-0.2, 0) is 32.7 Å². The third kappa shape index (κ3) is 5.66. The van der Waals surface area contributed by atoms with Crippen molar-refractivity contribution in [1.82, 2.24) is 9.62 Å². The van der Waals surface area contributed by atoms with Gasteiger partial charge in [-0.3, -0.25) is 4.79 Å². The number of carbonyl (C=O) groups is 1. The maximum absolute atomic E-state index is 12.9. The summed E-state index contributed by atoms with van der Waals surface area (Å²) in [5, 5.41) is 2.94. The van der Waals surface area contributed by atoms with Crippen LogP contribution in [0.15, 0.2) is 57.9 Å². The van der Waals surface area contributed by atoms with Crippen LogP contribution in [0.4, 0.5) is 0 Å². The van der Waals surface area contributed by atoms with E-state index in [2.05, 4.69) is 21.2 Å². The number of nitrogens with zero attached hydrogens (tertiary/aromatic N) is 1. The predicted octanol–water partition coefficient (Wildman–Crippen LogP) is 3.31. The van der Waals surface area contributed by atoms with Crippen molar-refractivity contribution in [2.24, 2.45) is 5.92 Å². The molecule has 1 N–H and O–H groups in total. The van der Waals surface area contributed by atoms with Crippen LogP contribution in [0.2, 0.25) is 0 Å². The van der Waals surface area contributed by atoms with Gasteiger partial charge < -0.3 is 10.1 Å². The average molecular weight is 481 g/mol. The van der Waals surface area contributed by atoms with Crippen LogP contribution < -0.4 is 5.32 Å². The van der Waals surface area contributed by atoms with Crippen LogP contribution in [0.3, 0.4) is 0 Å². The predicted molar refractivity (Wildman–Crippen MR) is 115 cm³/mol. The molecule has 1 atom stereocenters. The number of piperidine rings is 1. The van der Waals surface area contributed by atoms with E-state index in [1.165, 1.54) is 4.31 Å². The summed E-state index contributed by atoms with van der Waals surface area (Å²) >= 11 is 3.32. The maximum Gasteiger partial charge on any atom is 0.243 e. The molecule has 0 aliphatic carbocycles. The number of amides is 1. The van der Waals surface area contributed by atoms with E-state index in [-0.39, 0.29) is 23.3 Å². The van der Waals surface area contributed by atoms with E-state index < -0.39 is 10.0 Å². The molecule has 0 saturated carbocycles. The summed E-state index contributed by atoms with van der Waals surface area (Å²) in [5.41, 5.74) is 2.07. The summed E-state index contributed by atoms with van der Waals surface area (Å²) in [4.78, 5) is 12.9. The molecule has 1 amide bonds. The molecule has 0 bridgehead atoms. The Morgan fingerprint density at radius 2 is 1.79 bits per heavy atom. The first kappa shape index (κ1) is 22.0. The van der Waals surface area contributed by atoms with E-state index in [9.17, 15) is 13.2 Å². The Bertz CT molecular complexity index is 930. The van der Waals surface area contributed by atoms with Gasteiger partial charge in [-0.05, 0) is 48.2 Å². The largest absolute Gasteiger partial charge is 0.380 e. The highest BCUT2D eigenvalue weighted by atomic mass is 79.9. The number of methoxy groups -OCH3 is 1. The molecule has 0 aromatic heterocycles. The topological polar surface area (TPSA) is 75.7 Å². The summed E-state index contributed by atoms with van der Waals surface area (Å²) in [6.07, 6.45) is 1.35. The summed E-state index contributed by atoms with van der Waals surface area (Å²) < 4.78 is 33.1. The molecule has 1 unspecified atom stereocenters. The van der Waals surface area contributed by atoms with Gasteiger partial charge in [0.05, 0.1) is 17.4 Å². The molecule has 29 heavy (non-hydrogen) atoms. The van der Waals surface area contributed by atoms with Crippen molar-refractivity contribution in [3.8, 4) is 0 Å². The summed E-state index contributed by atoms with van der Waals surface area (Å²) in [6.45, 7) is 1.61. The maximum atomic E-state index is 12.9. The lowest BCUT2D eigenvalue weighted by atomic mass is 9.98. The smallest absolute Gasteiger partial charge is 0.243 e. The van der Waals surface area contributed by atoms with Gasteiger partial charge in [0.15, 0.2) is 0 Å². The van der Waals surface area contributed by atoms with Gasteiger partial charge in [0, 0.05) is 31.2 Å². The van der Waals surface area contributed by atoms with Crippen LogP contribution >= 0.6 is 15.9 Å². The summed E-state index contributed by atoms with van der Waals surface area (Å²) in [7, 11) is -1.95. The van der Waals surface area contributed by atoms with Crippen molar-refractivity contribution in [1.29, 1.82) is 0 Å². The zero-order valence-electron chi connectivity index (χ0n) is 16.3. The second kappa shape index (κ2) is 9.84. The van der Waals surface area contributed by atoms with Crippen molar-refractivity contribution < 1.29 is 17.9 Å². The normalized spacial score (nSPS) is 17.8. The molecule has 0 radical (unpaired) electrons. The Kier molecular flexibility index (Phi) is 7.45. The lowest BCUT2D eigenvalue weighted by Crippen LogP contribution is -2.45. The lowest BCUT2D eigenvalue weighted by molar-refractivity contribution is -0.126. The second-order valence-electron chi connectivity index (χ2n) is 7.12. The molecule has 1 heterocycles. The van der Waals surface area contributed by atoms with Gasteiger partial charge in [-0.1, -0.05) is 40.2 Å². The molecule has 1 saturated heterocycles. The van der Waals surface area contributed by atoms with E-state index in [1.54, 1.807) is 31.4 Å². The summed E-state index contributed by atoms with van der Waals surface area (Å²) in [6, 6.07) is 14.4.